The summed E-state index contributed by atoms with van der Waals surface area (Å²) in [7, 11) is 1.67. The van der Waals surface area contributed by atoms with Gasteiger partial charge in [0.2, 0.25) is 0 Å². The van der Waals surface area contributed by atoms with Crippen molar-refractivity contribution in [1.29, 1.82) is 0 Å². The van der Waals surface area contributed by atoms with Gasteiger partial charge < -0.3 is 32.8 Å². The van der Waals surface area contributed by atoms with Gasteiger partial charge in [0.15, 0.2) is 11.5 Å². The van der Waals surface area contributed by atoms with Crippen molar-refractivity contribution in [2.45, 2.75) is 26.4 Å². The molecule has 2 amide bonds. The molecular weight excluding hydrogens is 496 g/mol. The maximum Gasteiger partial charge on any atom is 0.289 e. The van der Waals surface area contributed by atoms with Gasteiger partial charge in [0, 0.05) is 44.6 Å². The molecule has 0 spiro atoms. The van der Waals surface area contributed by atoms with Gasteiger partial charge in [0.1, 0.15) is 11.5 Å². The van der Waals surface area contributed by atoms with Crippen molar-refractivity contribution in [2.75, 3.05) is 44.7 Å². The number of nitrogens with zero attached hydrogens (tertiary/aromatic N) is 4. The molecule has 3 aromatic heterocycles. The van der Waals surface area contributed by atoms with E-state index in [1.807, 2.05) is 65.1 Å². The molecule has 1 aliphatic rings. The Morgan fingerprint density at radius 2 is 1.77 bits per heavy atom. The number of carbonyl (C=O) groups excluding carboxylic acids is 2. The van der Waals surface area contributed by atoms with Crippen molar-refractivity contribution in [1.82, 2.24) is 14.4 Å². The molecule has 0 N–H and O–H groups in total. The first-order valence-corrected chi connectivity index (χ1v) is 13.3. The van der Waals surface area contributed by atoms with E-state index in [-0.39, 0.29) is 11.8 Å². The predicted octanol–water partition coefficient (Wildman–Crippen LogP) is 4.75. The Hall–Kier alpha value is -4.40. The average Bonchev–Trinajstić information content (AvgIpc) is 3.76. The monoisotopic (exact) mass is 530 g/mol. The zero-order chi connectivity index (χ0) is 27.2. The van der Waals surface area contributed by atoms with Crippen molar-refractivity contribution < 1.29 is 23.2 Å². The van der Waals surface area contributed by atoms with Crippen molar-refractivity contribution in [2.24, 2.45) is 0 Å². The fourth-order valence-corrected chi connectivity index (χ4v) is 4.96. The van der Waals surface area contributed by atoms with Crippen LogP contribution in [0.4, 0.5) is 5.69 Å². The topological polar surface area (TPSA) is 84.3 Å². The summed E-state index contributed by atoms with van der Waals surface area (Å²) in [5.41, 5.74) is 2.01. The van der Waals surface area contributed by atoms with Gasteiger partial charge in [0.05, 0.1) is 32.1 Å². The number of anilines is 1. The lowest BCUT2D eigenvalue weighted by atomic mass is 10.2. The van der Waals surface area contributed by atoms with Gasteiger partial charge in [-0.15, -0.1) is 0 Å². The van der Waals surface area contributed by atoms with Gasteiger partial charge in [-0.1, -0.05) is 19.1 Å². The van der Waals surface area contributed by atoms with E-state index in [1.54, 1.807) is 30.2 Å². The Morgan fingerprint density at radius 1 is 0.949 bits per heavy atom. The van der Waals surface area contributed by atoms with Gasteiger partial charge in [0.25, 0.3) is 11.8 Å². The molecule has 1 aliphatic heterocycles. The Kier molecular flexibility index (Phi) is 8.05. The highest BCUT2D eigenvalue weighted by atomic mass is 16.5. The van der Waals surface area contributed by atoms with Crippen LogP contribution in [-0.4, -0.2) is 66.0 Å². The number of piperazine rings is 1. The highest BCUT2D eigenvalue weighted by molar-refractivity contribution is 5.92. The van der Waals surface area contributed by atoms with E-state index in [9.17, 15) is 9.59 Å². The maximum absolute atomic E-state index is 13.2. The van der Waals surface area contributed by atoms with Gasteiger partial charge in [-0.05, 0) is 55.0 Å². The lowest BCUT2D eigenvalue weighted by Crippen LogP contribution is -2.48. The van der Waals surface area contributed by atoms with Crippen LogP contribution in [0.2, 0.25) is 0 Å². The number of carbonyl (C=O) groups is 2. The Labute approximate surface area is 228 Å². The van der Waals surface area contributed by atoms with E-state index in [0.717, 1.165) is 36.6 Å². The fourth-order valence-electron chi connectivity index (χ4n) is 4.96. The van der Waals surface area contributed by atoms with E-state index < -0.39 is 0 Å². The molecule has 0 saturated carbocycles. The van der Waals surface area contributed by atoms with E-state index in [2.05, 4.69) is 4.90 Å². The first-order valence-electron chi connectivity index (χ1n) is 13.3. The van der Waals surface area contributed by atoms with Crippen molar-refractivity contribution >= 4 is 17.5 Å². The number of aromatic nitrogens is 1. The largest absolute Gasteiger partial charge is 0.495 e. The van der Waals surface area contributed by atoms with Crippen LogP contribution in [0.15, 0.2) is 82.0 Å². The van der Waals surface area contributed by atoms with Gasteiger partial charge in [-0.2, -0.15) is 0 Å². The molecule has 0 atom stereocenters. The highest BCUT2D eigenvalue weighted by Crippen LogP contribution is 2.28. The van der Waals surface area contributed by atoms with Crippen molar-refractivity contribution in [3.63, 3.8) is 0 Å². The number of rotatable bonds is 10. The first kappa shape index (κ1) is 26.2. The summed E-state index contributed by atoms with van der Waals surface area (Å²) in [6.45, 7) is 6.22. The molecule has 5 rings (SSSR count). The molecule has 9 nitrogen and oxygen atoms in total. The third-order valence-electron chi connectivity index (χ3n) is 6.98. The molecule has 0 bridgehead atoms. The number of amides is 2. The number of ether oxygens (including phenoxy) is 1. The molecule has 39 heavy (non-hydrogen) atoms. The minimum atomic E-state index is -0.133. The predicted molar refractivity (Wildman–Crippen MR) is 147 cm³/mol. The van der Waals surface area contributed by atoms with E-state index in [0.29, 0.717) is 50.0 Å². The Balaban J connectivity index is 1.20. The maximum atomic E-state index is 13.2. The molecule has 204 valence electrons. The highest BCUT2D eigenvalue weighted by Gasteiger charge is 2.26. The molecule has 0 aliphatic carbocycles. The molecule has 9 heteroatoms. The number of para-hydroxylation sites is 2. The standard InChI is InChI=1S/C30H34N4O5/c1-3-14-34(29(35)27-11-7-20-38-27)21-23-8-6-15-33(23)22-24-12-13-28(39-24)30(36)32-18-16-31(17-19-32)25-9-4-5-10-26(25)37-2/h4-13,15,20H,3,14,16-19,21-22H2,1-2H3. The molecule has 1 fully saturated rings. The number of furan rings is 2. The summed E-state index contributed by atoms with van der Waals surface area (Å²) in [6, 6.07) is 18.9. The first-order chi connectivity index (χ1) is 19.1. The lowest BCUT2D eigenvalue weighted by Gasteiger charge is -2.36. The summed E-state index contributed by atoms with van der Waals surface area (Å²) in [6.07, 6.45) is 4.30. The summed E-state index contributed by atoms with van der Waals surface area (Å²) >= 11 is 0. The molecule has 4 heterocycles. The van der Waals surface area contributed by atoms with Crippen molar-refractivity contribution in [3.05, 3.63) is 96.1 Å². The number of benzene rings is 1. The normalized spacial score (nSPS) is 13.5. The average molecular weight is 531 g/mol. The van der Waals surface area contributed by atoms with Gasteiger partial charge in [-0.3, -0.25) is 9.59 Å². The van der Waals surface area contributed by atoms with Crippen LogP contribution in [0.25, 0.3) is 0 Å². The van der Waals surface area contributed by atoms with Crippen LogP contribution in [0.5, 0.6) is 5.75 Å². The van der Waals surface area contributed by atoms with E-state index in [1.165, 1.54) is 6.26 Å². The van der Waals surface area contributed by atoms with Crippen LogP contribution in [-0.2, 0) is 13.1 Å². The summed E-state index contributed by atoms with van der Waals surface area (Å²) in [5, 5.41) is 0. The summed E-state index contributed by atoms with van der Waals surface area (Å²) < 4.78 is 18.9. The molecular formula is C30H34N4O5. The molecule has 4 aromatic rings. The van der Waals surface area contributed by atoms with Crippen LogP contribution in [0.3, 0.4) is 0 Å². The third kappa shape index (κ3) is 5.87. The third-order valence-corrected chi connectivity index (χ3v) is 6.98. The van der Waals surface area contributed by atoms with Gasteiger partial charge >= 0.3 is 0 Å². The second kappa shape index (κ2) is 12.0. The number of hydrogen-bond donors (Lipinski definition) is 0. The quantitative estimate of drug-likeness (QED) is 0.294. The molecule has 1 aromatic carbocycles. The fraction of sp³-hybridized carbons (Fsp3) is 0.333. The Bertz CT molecular complexity index is 1380. The van der Waals surface area contributed by atoms with Crippen molar-refractivity contribution in [3.8, 4) is 5.75 Å². The van der Waals surface area contributed by atoms with E-state index in [4.69, 9.17) is 13.6 Å². The molecule has 0 unspecified atom stereocenters. The molecule has 0 radical (unpaired) electrons. The second-order valence-electron chi connectivity index (χ2n) is 9.55. The minimum absolute atomic E-state index is 0.105. The number of methoxy groups -OCH3 is 1. The van der Waals surface area contributed by atoms with Crippen LogP contribution < -0.4 is 9.64 Å². The zero-order valence-corrected chi connectivity index (χ0v) is 22.4. The van der Waals surface area contributed by atoms with Crippen LogP contribution in [0.1, 0.15) is 45.9 Å². The van der Waals surface area contributed by atoms with Gasteiger partial charge in [-0.25, -0.2) is 0 Å². The summed E-state index contributed by atoms with van der Waals surface area (Å²) in [4.78, 5) is 31.9. The number of hydrogen-bond acceptors (Lipinski definition) is 6. The second-order valence-corrected chi connectivity index (χ2v) is 9.55. The Morgan fingerprint density at radius 3 is 2.51 bits per heavy atom. The minimum Gasteiger partial charge on any atom is -0.495 e. The molecule has 1 saturated heterocycles. The van der Waals surface area contributed by atoms with E-state index >= 15 is 0 Å². The summed E-state index contributed by atoms with van der Waals surface area (Å²) in [5.74, 6) is 1.95. The smallest absolute Gasteiger partial charge is 0.289 e. The lowest BCUT2D eigenvalue weighted by molar-refractivity contribution is 0.0701. The SMILES string of the molecule is CCCN(Cc1cccn1Cc1ccc(C(=O)N2CCN(c3ccccc3OC)CC2)o1)C(=O)c1ccco1. The van der Waals surface area contributed by atoms with Crippen LogP contribution >= 0.6 is 0 Å². The zero-order valence-electron chi connectivity index (χ0n) is 22.4. The van der Waals surface area contributed by atoms with Crippen LogP contribution in [0, 0.1) is 0 Å².